The van der Waals surface area contributed by atoms with Gasteiger partial charge in [0.1, 0.15) is 11.8 Å². The Kier molecular flexibility index (Phi) is 5.24. The van der Waals surface area contributed by atoms with Crippen LogP contribution in [0.4, 0.5) is 25.0 Å². The second kappa shape index (κ2) is 7.90. The summed E-state index contributed by atoms with van der Waals surface area (Å²) in [4.78, 5) is 27.2. The number of amides is 2. The van der Waals surface area contributed by atoms with Crippen molar-refractivity contribution in [2.45, 2.75) is 37.8 Å². The third kappa shape index (κ3) is 3.84. The number of hydrogen-bond acceptors (Lipinski definition) is 5. The number of nitrogens with zero attached hydrogens (tertiary/aromatic N) is 2. The van der Waals surface area contributed by atoms with Crippen LogP contribution in [0.1, 0.15) is 25.7 Å². The molecule has 1 saturated carbocycles. The summed E-state index contributed by atoms with van der Waals surface area (Å²) in [6.07, 6.45) is 2.65. The van der Waals surface area contributed by atoms with Gasteiger partial charge in [-0.3, -0.25) is 9.69 Å². The topological polar surface area (TPSA) is 61.9 Å². The third-order valence-electron chi connectivity index (χ3n) is 6.39. The highest BCUT2D eigenvalue weighted by atomic mass is 32.2. The molecule has 1 aliphatic carbocycles. The molecule has 9 heteroatoms. The van der Waals surface area contributed by atoms with E-state index in [1.54, 1.807) is 0 Å². The average molecular weight is 438 g/mol. The first-order valence-electron chi connectivity index (χ1n) is 10.6. The molecule has 1 aromatic carbocycles. The molecule has 4 heterocycles. The monoisotopic (exact) mass is 437 g/mol. The molecule has 1 aromatic rings. The molecular formula is C21H25F2N3O3S. The predicted octanol–water partition coefficient (Wildman–Crippen LogP) is 3.15. The lowest BCUT2D eigenvalue weighted by Gasteiger charge is -2.38. The summed E-state index contributed by atoms with van der Waals surface area (Å²) < 4.78 is 35.4. The van der Waals surface area contributed by atoms with Gasteiger partial charge in [-0.15, -0.1) is 0 Å². The second-order valence-electron chi connectivity index (χ2n) is 8.68. The van der Waals surface area contributed by atoms with Crippen LogP contribution in [-0.2, 0) is 9.53 Å². The van der Waals surface area contributed by atoms with Gasteiger partial charge in [0, 0.05) is 36.4 Å². The van der Waals surface area contributed by atoms with Crippen molar-refractivity contribution in [1.29, 1.82) is 0 Å². The molecule has 1 N–H and O–H groups in total. The Morgan fingerprint density at radius 2 is 1.90 bits per heavy atom. The van der Waals surface area contributed by atoms with Crippen molar-refractivity contribution in [3.63, 3.8) is 0 Å². The number of ether oxygens (including phenoxy) is 1. The molecule has 0 spiro atoms. The highest BCUT2D eigenvalue weighted by Gasteiger charge is 2.37. The lowest BCUT2D eigenvalue weighted by molar-refractivity contribution is -0.122. The maximum absolute atomic E-state index is 15.1. The maximum atomic E-state index is 15.1. The minimum absolute atomic E-state index is 0.0109. The van der Waals surface area contributed by atoms with Crippen molar-refractivity contribution in [1.82, 2.24) is 5.32 Å². The first-order valence-corrected chi connectivity index (χ1v) is 11.7. The number of carbonyl (C=O) groups excluding carboxylic acids is 2. The minimum Gasteiger partial charge on any atom is -0.442 e. The molecule has 5 aliphatic rings. The van der Waals surface area contributed by atoms with Gasteiger partial charge in [0.15, 0.2) is 11.6 Å². The standard InChI is InChI=1S/C21H25F2N3O3S/c22-17-5-15(26-9-16(29-21(26)28)7-24-20(27)13-2-3-13)6-18(23)19(17)25-8-12-1-4-14(25)11-30-10-12/h5-6,12-14,16H,1-4,7-11H2,(H,24,27)/t12?,14?,16-/m0/s1. The quantitative estimate of drug-likeness (QED) is 0.767. The van der Waals surface area contributed by atoms with Gasteiger partial charge >= 0.3 is 6.09 Å². The number of anilines is 2. The van der Waals surface area contributed by atoms with E-state index in [4.69, 9.17) is 4.74 Å². The van der Waals surface area contributed by atoms with Gasteiger partial charge in [0.05, 0.1) is 18.8 Å². The number of fused-ring (bicyclic) bond motifs is 4. The van der Waals surface area contributed by atoms with Gasteiger partial charge in [-0.2, -0.15) is 11.8 Å². The SMILES string of the molecule is O=C(NC[C@H]1CN(c2cc(F)c(N3CC4CCC3CSC4)c(F)c2)C(=O)O1)C1CC1. The van der Waals surface area contributed by atoms with Crippen LogP contribution in [0.15, 0.2) is 12.1 Å². The summed E-state index contributed by atoms with van der Waals surface area (Å²) in [5, 5.41) is 2.78. The zero-order chi connectivity index (χ0) is 20.8. The van der Waals surface area contributed by atoms with E-state index < -0.39 is 23.8 Å². The number of nitrogens with one attached hydrogen (secondary N) is 1. The molecule has 3 atom stereocenters. The van der Waals surface area contributed by atoms with E-state index in [-0.39, 0.29) is 42.3 Å². The lowest BCUT2D eigenvalue weighted by atomic mass is 9.94. The molecule has 2 bridgehead atoms. The second-order valence-corrected chi connectivity index (χ2v) is 9.76. The summed E-state index contributed by atoms with van der Waals surface area (Å²) >= 11 is 1.85. The first kappa shape index (κ1) is 19.9. The Morgan fingerprint density at radius 1 is 1.13 bits per heavy atom. The van der Waals surface area contributed by atoms with Crippen LogP contribution >= 0.6 is 11.8 Å². The van der Waals surface area contributed by atoms with Crippen molar-refractivity contribution < 1.29 is 23.1 Å². The molecule has 6 nitrogen and oxygen atoms in total. The van der Waals surface area contributed by atoms with E-state index in [9.17, 15) is 9.59 Å². The molecule has 6 rings (SSSR count). The van der Waals surface area contributed by atoms with Crippen LogP contribution in [0.2, 0.25) is 0 Å². The summed E-state index contributed by atoms with van der Waals surface area (Å²) in [5.74, 6) is 1.10. The van der Waals surface area contributed by atoms with E-state index in [1.807, 2.05) is 16.7 Å². The first-order chi connectivity index (χ1) is 14.5. The van der Waals surface area contributed by atoms with Crippen molar-refractivity contribution in [3.05, 3.63) is 23.8 Å². The van der Waals surface area contributed by atoms with Crippen molar-refractivity contribution >= 4 is 35.1 Å². The van der Waals surface area contributed by atoms with Crippen LogP contribution < -0.4 is 15.1 Å². The van der Waals surface area contributed by atoms with Crippen LogP contribution in [0.5, 0.6) is 0 Å². The maximum Gasteiger partial charge on any atom is 0.414 e. The Bertz CT molecular complexity index is 839. The molecule has 2 amide bonds. The zero-order valence-corrected chi connectivity index (χ0v) is 17.4. The smallest absolute Gasteiger partial charge is 0.414 e. The van der Waals surface area contributed by atoms with E-state index in [0.29, 0.717) is 12.5 Å². The number of thioether (sulfide) groups is 1. The molecule has 5 fully saturated rings. The number of carbonyl (C=O) groups is 2. The van der Waals surface area contributed by atoms with Gasteiger partial charge in [-0.05, 0) is 37.4 Å². The Hall–Kier alpha value is -2.03. The van der Waals surface area contributed by atoms with Crippen molar-refractivity contribution in [3.8, 4) is 0 Å². The third-order valence-corrected chi connectivity index (χ3v) is 7.72. The molecule has 4 saturated heterocycles. The number of halogens is 2. The van der Waals surface area contributed by atoms with E-state index in [1.165, 1.54) is 17.0 Å². The molecule has 4 aliphatic heterocycles. The van der Waals surface area contributed by atoms with E-state index >= 15 is 8.78 Å². The number of cyclic esters (lactones) is 1. The Labute approximate surface area is 178 Å². The van der Waals surface area contributed by atoms with Gasteiger partial charge < -0.3 is 15.0 Å². The van der Waals surface area contributed by atoms with Crippen molar-refractivity contribution in [2.24, 2.45) is 11.8 Å². The molecule has 2 unspecified atom stereocenters. The summed E-state index contributed by atoms with van der Waals surface area (Å²) in [6.45, 7) is 1.02. The van der Waals surface area contributed by atoms with Gasteiger partial charge in [-0.1, -0.05) is 0 Å². The van der Waals surface area contributed by atoms with Crippen LogP contribution in [-0.4, -0.2) is 55.3 Å². The highest BCUT2D eigenvalue weighted by molar-refractivity contribution is 7.99. The molecule has 162 valence electrons. The van der Waals surface area contributed by atoms with E-state index in [0.717, 1.165) is 37.2 Å². The normalized spacial score (nSPS) is 28.5. The van der Waals surface area contributed by atoms with Gasteiger partial charge in [0.2, 0.25) is 5.91 Å². The fourth-order valence-corrected chi connectivity index (χ4v) is 5.94. The highest BCUT2D eigenvalue weighted by Crippen LogP contribution is 2.39. The lowest BCUT2D eigenvalue weighted by Crippen LogP contribution is -2.44. The van der Waals surface area contributed by atoms with Crippen LogP contribution in [0.25, 0.3) is 0 Å². The predicted molar refractivity (Wildman–Crippen MR) is 111 cm³/mol. The number of rotatable bonds is 5. The number of hydrogen-bond donors (Lipinski definition) is 1. The number of piperidine rings is 1. The molecule has 30 heavy (non-hydrogen) atoms. The van der Waals surface area contributed by atoms with Crippen molar-refractivity contribution in [2.75, 3.05) is 40.9 Å². The summed E-state index contributed by atoms with van der Waals surface area (Å²) in [7, 11) is 0. The minimum atomic E-state index is -0.655. The molecule has 0 aromatic heterocycles. The summed E-state index contributed by atoms with van der Waals surface area (Å²) in [5.41, 5.74) is 0.154. The average Bonchev–Trinajstić information content (AvgIpc) is 3.53. The van der Waals surface area contributed by atoms with Gasteiger partial charge in [-0.25, -0.2) is 13.6 Å². The Morgan fingerprint density at radius 3 is 2.63 bits per heavy atom. The summed E-state index contributed by atoms with van der Waals surface area (Å²) in [6, 6.07) is 2.58. The van der Waals surface area contributed by atoms with Crippen LogP contribution in [0, 0.1) is 23.5 Å². The molecule has 0 radical (unpaired) electrons. The van der Waals surface area contributed by atoms with Gasteiger partial charge in [0.25, 0.3) is 0 Å². The molecular weight excluding hydrogens is 412 g/mol. The largest absolute Gasteiger partial charge is 0.442 e. The van der Waals surface area contributed by atoms with Crippen LogP contribution in [0.3, 0.4) is 0 Å². The fraction of sp³-hybridized carbons (Fsp3) is 0.619. The Balaban J connectivity index is 1.30. The zero-order valence-electron chi connectivity index (χ0n) is 16.6. The number of benzene rings is 1. The fourth-order valence-electron chi connectivity index (χ4n) is 4.58. The van der Waals surface area contributed by atoms with E-state index in [2.05, 4.69) is 5.32 Å².